The number of halogens is 1. The molecule has 1 saturated carbocycles. The second-order valence-corrected chi connectivity index (χ2v) is 11.3. The first-order chi connectivity index (χ1) is 21.4. The highest BCUT2D eigenvalue weighted by Crippen LogP contribution is 2.32. The van der Waals surface area contributed by atoms with E-state index >= 15 is 0 Å². The van der Waals surface area contributed by atoms with Crippen LogP contribution < -0.4 is 15.0 Å². The normalized spacial score (nSPS) is 13.7. The Labute approximate surface area is 262 Å². The van der Waals surface area contributed by atoms with Crippen LogP contribution in [0.1, 0.15) is 47.2 Å². The van der Waals surface area contributed by atoms with Gasteiger partial charge in [0.15, 0.2) is 5.78 Å². The van der Waals surface area contributed by atoms with E-state index in [2.05, 4.69) is 5.32 Å². The van der Waals surface area contributed by atoms with Gasteiger partial charge in [-0.2, -0.15) is 0 Å². The van der Waals surface area contributed by atoms with Gasteiger partial charge in [0.1, 0.15) is 18.4 Å². The number of anilines is 2. The fourth-order valence-electron chi connectivity index (χ4n) is 5.57. The maximum absolute atomic E-state index is 13.3. The first-order valence-electron chi connectivity index (χ1n) is 14.9. The SMILES string of the molecule is O=C(c1ccccc1)c1ccccc1NC(Cc1ccc(OCCN(C(=O)C2CCCC2)c2ccccc2Cl)cc1)C(=O)O. The molecule has 1 fully saturated rings. The number of para-hydroxylation sites is 2. The molecule has 4 aromatic rings. The van der Waals surface area contributed by atoms with Crippen LogP contribution in [-0.4, -0.2) is 42.0 Å². The molecule has 8 heteroatoms. The number of nitrogens with one attached hydrogen (secondary N) is 1. The lowest BCUT2D eigenvalue weighted by molar-refractivity contribution is -0.137. The number of amides is 1. The number of aliphatic carboxylic acids is 1. The first kappa shape index (κ1) is 30.8. The van der Waals surface area contributed by atoms with Crippen molar-refractivity contribution in [3.8, 4) is 5.75 Å². The minimum Gasteiger partial charge on any atom is -0.492 e. The van der Waals surface area contributed by atoms with Crippen molar-refractivity contribution in [2.24, 2.45) is 5.92 Å². The highest BCUT2D eigenvalue weighted by molar-refractivity contribution is 6.33. The molecule has 4 aromatic carbocycles. The Morgan fingerprint density at radius 3 is 2.23 bits per heavy atom. The molecule has 1 aliphatic rings. The topological polar surface area (TPSA) is 95.9 Å². The third-order valence-corrected chi connectivity index (χ3v) is 8.22. The van der Waals surface area contributed by atoms with E-state index in [1.807, 2.05) is 36.4 Å². The average Bonchev–Trinajstić information content (AvgIpc) is 3.59. The quantitative estimate of drug-likeness (QED) is 0.154. The van der Waals surface area contributed by atoms with Crippen molar-refractivity contribution in [1.82, 2.24) is 0 Å². The fraction of sp³-hybridized carbons (Fsp3) is 0.250. The summed E-state index contributed by atoms with van der Waals surface area (Å²) in [6.07, 6.45) is 4.10. The van der Waals surface area contributed by atoms with Gasteiger partial charge in [-0.1, -0.05) is 91.2 Å². The molecule has 0 heterocycles. The molecule has 1 atom stereocenters. The summed E-state index contributed by atoms with van der Waals surface area (Å²) in [5, 5.41) is 13.6. The summed E-state index contributed by atoms with van der Waals surface area (Å²) in [5.74, 6) is -0.519. The molecule has 0 bridgehead atoms. The van der Waals surface area contributed by atoms with Crippen LogP contribution in [0, 0.1) is 5.92 Å². The van der Waals surface area contributed by atoms with Gasteiger partial charge < -0.3 is 20.1 Å². The van der Waals surface area contributed by atoms with Crippen LogP contribution in [0.5, 0.6) is 5.75 Å². The molecular formula is C36H35ClN2O5. The average molecular weight is 611 g/mol. The third kappa shape index (κ3) is 7.66. The van der Waals surface area contributed by atoms with E-state index in [0.717, 1.165) is 31.2 Å². The van der Waals surface area contributed by atoms with E-state index in [4.69, 9.17) is 16.3 Å². The van der Waals surface area contributed by atoms with Crippen molar-refractivity contribution in [3.63, 3.8) is 0 Å². The number of carboxylic acid groups (broad SMARTS) is 1. The van der Waals surface area contributed by atoms with Gasteiger partial charge >= 0.3 is 5.97 Å². The maximum atomic E-state index is 13.3. The number of carbonyl (C=O) groups is 3. The largest absolute Gasteiger partial charge is 0.492 e. The molecule has 1 aliphatic carbocycles. The zero-order chi connectivity index (χ0) is 30.9. The number of hydrogen-bond acceptors (Lipinski definition) is 5. The number of ether oxygens (including phenoxy) is 1. The smallest absolute Gasteiger partial charge is 0.326 e. The van der Waals surface area contributed by atoms with Crippen LogP contribution in [0.4, 0.5) is 11.4 Å². The number of nitrogens with zero attached hydrogens (tertiary/aromatic N) is 1. The standard InChI is InChI=1S/C36H35ClN2O5/c37-30-15-7-9-17-33(30)39(35(41)27-12-4-5-13-27)22-23-44-28-20-18-25(19-21-28)24-32(36(42)43)38-31-16-8-6-14-29(31)34(40)26-10-2-1-3-11-26/h1-3,6-11,14-21,27,32,38H,4-5,12-13,22-24H2,(H,42,43). The Kier molecular flexibility index (Phi) is 10.3. The molecule has 2 N–H and O–H groups in total. The van der Waals surface area contributed by atoms with Crippen molar-refractivity contribution in [2.75, 3.05) is 23.4 Å². The lowest BCUT2D eigenvalue weighted by Crippen LogP contribution is -2.38. The van der Waals surface area contributed by atoms with Crippen LogP contribution in [0.2, 0.25) is 5.02 Å². The summed E-state index contributed by atoms with van der Waals surface area (Å²) in [6.45, 7) is 0.626. The summed E-state index contributed by atoms with van der Waals surface area (Å²) in [5.41, 5.74) is 2.87. The fourth-order valence-corrected chi connectivity index (χ4v) is 5.80. The zero-order valence-electron chi connectivity index (χ0n) is 24.3. The van der Waals surface area contributed by atoms with Crippen LogP contribution in [0.25, 0.3) is 0 Å². The molecule has 0 radical (unpaired) electrons. The van der Waals surface area contributed by atoms with E-state index in [1.54, 1.807) is 71.6 Å². The highest BCUT2D eigenvalue weighted by atomic mass is 35.5. The van der Waals surface area contributed by atoms with Gasteiger partial charge in [0.25, 0.3) is 0 Å². The molecule has 44 heavy (non-hydrogen) atoms. The number of benzene rings is 4. The Morgan fingerprint density at radius 1 is 0.864 bits per heavy atom. The summed E-state index contributed by atoms with van der Waals surface area (Å²) < 4.78 is 5.99. The van der Waals surface area contributed by atoms with Gasteiger partial charge in [0.2, 0.25) is 5.91 Å². The van der Waals surface area contributed by atoms with Gasteiger partial charge in [-0.15, -0.1) is 0 Å². The molecule has 0 aromatic heterocycles. The number of hydrogen-bond donors (Lipinski definition) is 2. The summed E-state index contributed by atoms with van der Waals surface area (Å²) in [7, 11) is 0. The van der Waals surface area contributed by atoms with Crippen LogP contribution >= 0.6 is 11.6 Å². The molecule has 0 spiro atoms. The molecule has 7 nitrogen and oxygen atoms in total. The van der Waals surface area contributed by atoms with Crippen LogP contribution in [-0.2, 0) is 16.0 Å². The van der Waals surface area contributed by atoms with Gasteiger partial charge in [-0.05, 0) is 54.8 Å². The van der Waals surface area contributed by atoms with E-state index in [0.29, 0.717) is 39.8 Å². The van der Waals surface area contributed by atoms with E-state index < -0.39 is 12.0 Å². The monoisotopic (exact) mass is 610 g/mol. The lowest BCUT2D eigenvalue weighted by Gasteiger charge is -2.26. The number of carboxylic acids is 1. The molecule has 5 rings (SSSR count). The van der Waals surface area contributed by atoms with Crippen molar-refractivity contribution < 1.29 is 24.2 Å². The molecule has 0 aliphatic heterocycles. The number of rotatable bonds is 13. The summed E-state index contributed by atoms with van der Waals surface area (Å²) >= 11 is 6.45. The van der Waals surface area contributed by atoms with Gasteiger partial charge in [0.05, 0.1) is 17.3 Å². The van der Waals surface area contributed by atoms with Crippen LogP contribution in [0.3, 0.4) is 0 Å². The Bertz CT molecular complexity index is 1590. The summed E-state index contributed by atoms with van der Waals surface area (Å²) in [6, 6.07) is 29.4. The van der Waals surface area contributed by atoms with E-state index in [9.17, 15) is 19.5 Å². The Balaban J connectivity index is 1.22. The molecular weight excluding hydrogens is 576 g/mol. The molecule has 1 unspecified atom stereocenters. The Morgan fingerprint density at radius 2 is 1.52 bits per heavy atom. The van der Waals surface area contributed by atoms with E-state index in [1.165, 1.54) is 0 Å². The van der Waals surface area contributed by atoms with Crippen LogP contribution in [0.15, 0.2) is 103 Å². The lowest BCUT2D eigenvalue weighted by atomic mass is 10.00. The van der Waals surface area contributed by atoms with Gasteiger partial charge in [-0.25, -0.2) is 4.79 Å². The van der Waals surface area contributed by atoms with Crippen molar-refractivity contribution in [3.05, 3.63) is 125 Å². The minimum atomic E-state index is -1.03. The van der Waals surface area contributed by atoms with Crippen molar-refractivity contribution >= 4 is 40.6 Å². The molecule has 0 saturated heterocycles. The predicted molar refractivity (Wildman–Crippen MR) is 173 cm³/mol. The highest BCUT2D eigenvalue weighted by Gasteiger charge is 2.29. The van der Waals surface area contributed by atoms with Crippen molar-refractivity contribution in [2.45, 2.75) is 38.1 Å². The molecule has 1 amide bonds. The predicted octanol–water partition coefficient (Wildman–Crippen LogP) is 7.28. The number of ketones is 1. The van der Waals surface area contributed by atoms with Gasteiger partial charge in [0, 0.05) is 29.2 Å². The second kappa shape index (κ2) is 14.7. The first-order valence-corrected chi connectivity index (χ1v) is 15.2. The molecule has 226 valence electrons. The minimum absolute atomic E-state index is 0.00442. The number of carbonyl (C=O) groups excluding carboxylic acids is 2. The summed E-state index contributed by atoms with van der Waals surface area (Å²) in [4.78, 5) is 40.4. The van der Waals surface area contributed by atoms with Gasteiger partial charge in [-0.3, -0.25) is 9.59 Å². The second-order valence-electron chi connectivity index (χ2n) is 10.9. The zero-order valence-corrected chi connectivity index (χ0v) is 25.1. The van der Waals surface area contributed by atoms with E-state index in [-0.39, 0.29) is 30.6 Å². The Hall–Kier alpha value is -4.62. The third-order valence-electron chi connectivity index (χ3n) is 7.90. The van der Waals surface area contributed by atoms with Crippen molar-refractivity contribution in [1.29, 1.82) is 0 Å². The maximum Gasteiger partial charge on any atom is 0.326 e.